The van der Waals surface area contributed by atoms with E-state index < -0.39 is 16.7 Å². The molecule has 11 aromatic rings. The summed E-state index contributed by atoms with van der Waals surface area (Å²) in [6.45, 7) is 17.4. The molecule has 558 valence electrons. The highest BCUT2D eigenvalue weighted by molar-refractivity contribution is 8.24. The predicted octanol–water partition coefficient (Wildman–Crippen LogP) is 13.6. The summed E-state index contributed by atoms with van der Waals surface area (Å²) in [5, 5.41) is 45.7. The van der Waals surface area contributed by atoms with Crippen molar-refractivity contribution in [3.05, 3.63) is 160 Å². The number of nitrogens with one attached hydrogen (secondary N) is 4. The molecule has 13 rings (SSSR count). The number of fused-ring (bicyclic) bond motifs is 9. The Hall–Kier alpha value is -7.95. The minimum atomic E-state index is -3.22. The Morgan fingerprint density at radius 2 is 1.04 bits per heavy atom. The van der Waals surface area contributed by atoms with Crippen LogP contribution in [0.4, 0.5) is 26.9 Å². The number of aromatic nitrogens is 12. The quantitative estimate of drug-likeness (QED) is 0.0161. The van der Waals surface area contributed by atoms with E-state index >= 15 is 0 Å². The molecule has 30 nitrogen and oxygen atoms in total. The summed E-state index contributed by atoms with van der Waals surface area (Å²) in [7, 11) is 6.76. The number of aromatic amines is 1. The maximum Gasteiger partial charge on any atom is 0.411 e. The SMILES string of the molecule is C.CC(=O)NN.CCO.CN1CCNCC1.COC(=O)Cl.COC(=O)Nc1ccc(Cl)cc1C#N.Cc1nc2c3cc(Cl)ccc3[nH]c(=O)n2n1.Cc1nc2c3cc(Cl)ccc3nc(Cl)n2n1.Cc1nc2c3cc(Cl)ccc3nc(N3CCN(C)CC3)n2n1.N#Cc1cc(Cl)ccc1N.O=P(Cl)(Cl)Cl. The molecule has 104 heavy (non-hydrogen) atoms. The number of nitrogens with zero attached hydrogens (tertiary/aromatic N) is 16. The summed E-state index contributed by atoms with van der Waals surface area (Å²) in [6, 6.07) is 29.6. The van der Waals surface area contributed by atoms with Crippen molar-refractivity contribution < 1.29 is 33.5 Å². The number of amides is 2. The number of aliphatic hydroxyl groups is 1. The minimum Gasteiger partial charge on any atom is -0.457 e. The Bertz CT molecular complexity index is 4860. The zero-order valence-corrected chi connectivity index (χ0v) is 64.8. The molecule has 2 aliphatic rings. The highest BCUT2D eigenvalue weighted by Crippen LogP contribution is 2.61. The van der Waals surface area contributed by atoms with Crippen LogP contribution in [-0.2, 0) is 18.8 Å². The lowest BCUT2D eigenvalue weighted by Crippen LogP contribution is -2.45. The molecule has 0 spiro atoms. The van der Waals surface area contributed by atoms with Gasteiger partial charge in [-0.3, -0.25) is 20.1 Å². The van der Waals surface area contributed by atoms with Crippen molar-refractivity contribution in [2.75, 3.05) is 103 Å². The molecule has 2 amide bonds. The van der Waals surface area contributed by atoms with E-state index in [9.17, 15) is 23.7 Å². The minimum absolute atomic E-state index is 0. The van der Waals surface area contributed by atoms with Crippen molar-refractivity contribution in [2.45, 2.75) is 42.0 Å². The van der Waals surface area contributed by atoms with Crippen LogP contribution in [0.25, 0.3) is 49.7 Å². The van der Waals surface area contributed by atoms with Gasteiger partial charge in [-0.25, -0.2) is 45.1 Å². The lowest BCUT2D eigenvalue weighted by molar-refractivity contribution is -0.119. The monoisotopic (exact) mass is 1650 g/mol. The number of aryl methyl sites for hydroxylation is 3. The Kier molecular flexibility index (Phi) is 38.8. The van der Waals surface area contributed by atoms with Crippen molar-refractivity contribution in [1.29, 1.82) is 10.5 Å². The average Bonchev–Trinajstić information content (AvgIpc) is 1.65. The second kappa shape index (κ2) is 44.8. The van der Waals surface area contributed by atoms with Crippen LogP contribution in [0, 0.1) is 43.4 Å². The van der Waals surface area contributed by atoms with Crippen LogP contribution in [0.3, 0.4) is 0 Å². The van der Waals surface area contributed by atoms with Gasteiger partial charge in [-0.1, -0.05) is 65.4 Å². The molecule has 0 saturated carbocycles. The molecule has 8 heterocycles. The standard InChI is InChI=1S/C15H17ClN6.C10H6Cl2N4.C10H7ClN4O.C9H7ClN2O2.C7H5ClN2.C5H12N2.C2H3ClO2.C2H6N2O.C2H6O.CH4.Cl3OP/c1-10-17-14-12-9-11(16)3-4-13(12)18-15(22(14)19-10)21-7-5-20(2)6-8-21;1-5-13-9-7-4-6(11)2-3-8(7)14-10(12)16(9)15-5;1-5-12-9-7-4-6(11)2-3-8(7)13-10(16)15(9)14-5;1-14-9(13)12-8-3-2-7(10)4-6(8)5-11;8-6-1-2-7(10)5(3-6)4-9;1-7-4-2-6-3-5-7;1-5-2(3)4;1-2(5)4-3;1-2-3;;1-5(2,3)4/h3-4,9H,5-8H2,1-2H3;2-4H,1H3;2-4H,1H3,(H,13,16);2-4H,1H3,(H,12,13);1-3H,10H2;6H,2-5H2,1H3;1H3;3H2,1H3,(H,4,5);3H,2H2,1H3;1H4;. The van der Waals surface area contributed by atoms with Gasteiger partial charge in [0.2, 0.25) is 17.1 Å². The second-order valence-electron chi connectivity index (χ2n) is 20.9. The number of halogens is 10. The van der Waals surface area contributed by atoms with Crippen molar-refractivity contribution in [3.8, 4) is 12.1 Å². The third-order valence-electron chi connectivity index (χ3n) is 13.1. The van der Waals surface area contributed by atoms with Crippen molar-refractivity contribution in [1.82, 2.24) is 79.3 Å². The van der Waals surface area contributed by atoms with Gasteiger partial charge >= 0.3 is 22.4 Å². The number of nitrogens with two attached hydrogens (primary N) is 2. The summed E-state index contributed by atoms with van der Waals surface area (Å²) in [4.78, 5) is 73.2. The Morgan fingerprint density at radius 1 is 0.635 bits per heavy atom. The number of benzene rings is 5. The second-order valence-corrected chi connectivity index (χ2v) is 30.3. The van der Waals surface area contributed by atoms with Crippen molar-refractivity contribution >= 4 is 205 Å². The number of hydrogen-bond donors (Lipinski definition) is 7. The van der Waals surface area contributed by atoms with E-state index in [1.165, 1.54) is 61.5 Å². The van der Waals surface area contributed by atoms with Gasteiger partial charge in [-0.2, -0.15) is 24.1 Å². The number of piperazine rings is 2. The fourth-order valence-corrected chi connectivity index (χ4v) is 9.59. The molecule has 2 aliphatic heterocycles. The number of H-pyrrole nitrogens is 1. The maximum absolute atomic E-state index is 11.7. The van der Waals surface area contributed by atoms with Gasteiger partial charge in [-0.15, -0.1) is 15.3 Å². The zero-order valence-electron chi connectivity index (χ0n) is 56.4. The molecule has 9 N–H and O–H groups in total. The van der Waals surface area contributed by atoms with E-state index in [-0.39, 0.29) is 25.6 Å². The number of rotatable bonds is 2. The molecule has 6 aromatic heterocycles. The molecule has 2 fully saturated rings. The fraction of sp³-hybridized carbons (Fsp3) is 0.302. The van der Waals surface area contributed by atoms with Crippen LogP contribution in [0.1, 0.15) is 49.9 Å². The topological polar surface area (TPSA) is 402 Å². The first-order valence-corrected chi connectivity index (χ1v) is 36.9. The Morgan fingerprint density at radius 3 is 1.49 bits per heavy atom. The number of ether oxygens (including phenoxy) is 2. The van der Waals surface area contributed by atoms with Crippen LogP contribution in [0.2, 0.25) is 30.4 Å². The van der Waals surface area contributed by atoms with Crippen molar-refractivity contribution in [2.24, 2.45) is 5.84 Å². The van der Waals surface area contributed by atoms with E-state index in [2.05, 4.69) is 140 Å². The summed E-state index contributed by atoms with van der Waals surface area (Å²) in [5.41, 5.74) is 12.2. The average molecular weight is 1650 g/mol. The van der Waals surface area contributed by atoms with Gasteiger partial charge in [0.05, 0.1) is 47.6 Å². The van der Waals surface area contributed by atoms with E-state index in [0.717, 1.165) is 83.9 Å². The molecule has 0 radical (unpaired) electrons. The number of carbonyl (C=O) groups excluding carboxylic acids is 3. The smallest absolute Gasteiger partial charge is 0.411 e. The summed E-state index contributed by atoms with van der Waals surface area (Å²) >= 11 is 53.7. The van der Waals surface area contributed by atoms with Crippen LogP contribution >= 0.6 is 120 Å². The van der Waals surface area contributed by atoms with E-state index in [0.29, 0.717) is 81.4 Å². The largest absolute Gasteiger partial charge is 0.457 e. The highest BCUT2D eigenvalue weighted by atomic mass is 36.0. The third-order valence-corrected chi connectivity index (χ3v) is 14.7. The summed E-state index contributed by atoms with van der Waals surface area (Å²) in [5.74, 6) is 7.16. The molecule has 0 atom stereocenters. The first-order chi connectivity index (χ1) is 48.7. The molecule has 41 heteroatoms. The summed E-state index contributed by atoms with van der Waals surface area (Å²) in [6.07, 6.45) is -0.621. The zero-order chi connectivity index (χ0) is 76.8. The highest BCUT2D eigenvalue weighted by Gasteiger charge is 2.22. The van der Waals surface area contributed by atoms with Gasteiger partial charge in [0.15, 0.2) is 16.9 Å². The van der Waals surface area contributed by atoms with E-state index in [1.807, 2.05) is 59.3 Å². The normalized spacial score (nSPS) is 12.2. The number of nitriles is 2. The predicted molar refractivity (Wildman–Crippen MR) is 416 cm³/mol. The van der Waals surface area contributed by atoms with E-state index in [1.54, 1.807) is 63.2 Å². The lowest BCUT2D eigenvalue weighted by Gasteiger charge is -2.33. The number of anilines is 3. The Balaban J connectivity index is 0.000000315. The van der Waals surface area contributed by atoms with Crippen molar-refractivity contribution in [3.63, 3.8) is 0 Å². The van der Waals surface area contributed by atoms with Gasteiger partial charge in [0, 0.05) is 124 Å². The lowest BCUT2D eigenvalue weighted by atomic mass is 10.2. The maximum atomic E-state index is 11.7. The first-order valence-electron chi connectivity index (χ1n) is 29.9. The van der Waals surface area contributed by atoms with Gasteiger partial charge < -0.3 is 45.3 Å². The number of carbonyl (C=O) groups is 3. The summed E-state index contributed by atoms with van der Waals surface area (Å²) < 4.78 is 22.4. The van der Waals surface area contributed by atoms with E-state index in [4.69, 9.17) is 96.0 Å². The number of hydrogen-bond acceptors (Lipinski definition) is 24. The number of hydrazine groups is 1. The molecule has 5 aromatic carbocycles. The molecule has 0 aliphatic carbocycles. The number of likely N-dealkylation sites (N-methyl/N-ethyl adjacent to an activating group) is 2. The molecular weight excluding hydrogens is 1580 g/mol. The third kappa shape index (κ3) is 29.9. The van der Waals surface area contributed by atoms with Crippen LogP contribution in [-0.4, -0.2) is 178 Å². The Labute approximate surface area is 646 Å². The van der Waals surface area contributed by atoms with Gasteiger partial charge in [0.1, 0.15) is 29.6 Å². The number of aliphatic hydroxyl groups excluding tert-OH is 1. The van der Waals surface area contributed by atoms with Crippen LogP contribution < -0.4 is 38.2 Å². The molecule has 0 bridgehead atoms. The molecule has 2 saturated heterocycles. The number of methoxy groups -OCH3 is 2. The molecule has 0 unspecified atom stereocenters. The number of nitrogen functional groups attached to an aromatic ring is 1. The molecular formula is C63H73Cl10N22O8P. The van der Waals surface area contributed by atoms with Crippen LogP contribution in [0.5, 0.6) is 0 Å². The fourth-order valence-electron chi connectivity index (χ4n) is 8.52. The van der Waals surface area contributed by atoms with Gasteiger partial charge in [0.25, 0.3) is 0 Å². The van der Waals surface area contributed by atoms with Gasteiger partial charge in [-0.05, 0) is 178 Å². The van der Waals surface area contributed by atoms with Crippen LogP contribution in [0.15, 0.2) is 95.8 Å². The first kappa shape index (κ1) is 90.3.